The molecule has 9 heteroatoms. The molecule has 30 heavy (non-hydrogen) atoms. The van der Waals surface area contributed by atoms with Crippen LogP contribution in [0.3, 0.4) is 0 Å². The first-order valence-corrected chi connectivity index (χ1v) is 10.8. The maximum Gasteiger partial charge on any atom is 0.243 e. The standard InChI is InChI=1S/C21H19ClFN3O3S/c22-18-5-9-20(10-6-18)30(28,29)26(14-16-3-7-19(23)8-4-16)15-21(27)25-13-17-2-1-11-24-12-17/h1-12H,13-15H2,(H,25,27). The van der Waals surface area contributed by atoms with Gasteiger partial charge in [0, 0.05) is 30.5 Å². The minimum atomic E-state index is -4.00. The molecule has 0 saturated heterocycles. The van der Waals surface area contributed by atoms with Gasteiger partial charge in [0.25, 0.3) is 0 Å². The van der Waals surface area contributed by atoms with Crippen molar-refractivity contribution in [1.82, 2.24) is 14.6 Å². The van der Waals surface area contributed by atoms with Gasteiger partial charge in [0.05, 0.1) is 11.4 Å². The number of hydrogen-bond donors (Lipinski definition) is 1. The fourth-order valence-electron chi connectivity index (χ4n) is 2.69. The van der Waals surface area contributed by atoms with Crippen molar-refractivity contribution in [2.75, 3.05) is 6.54 Å². The molecule has 1 amide bonds. The average Bonchev–Trinajstić information content (AvgIpc) is 2.74. The lowest BCUT2D eigenvalue weighted by molar-refractivity contribution is -0.121. The zero-order chi connectivity index (χ0) is 21.6. The highest BCUT2D eigenvalue weighted by Gasteiger charge is 2.27. The molecular weight excluding hydrogens is 429 g/mol. The summed E-state index contributed by atoms with van der Waals surface area (Å²) in [6, 6.07) is 14.7. The van der Waals surface area contributed by atoms with E-state index < -0.39 is 28.3 Å². The average molecular weight is 448 g/mol. The molecule has 1 aromatic heterocycles. The number of halogens is 2. The lowest BCUT2D eigenvalue weighted by atomic mass is 10.2. The van der Waals surface area contributed by atoms with Gasteiger partial charge in [0.2, 0.25) is 15.9 Å². The number of pyridine rings is 1. The molecule has 0 radical (unpaired) electrons. The minimum absolute atomic E-state index is 0.00840. The first-order valence-electron chi connectivity index (χ1n) is 9.00. The molecular formula is C21H19ClFN3O3S. The zero-order valence-corrected chi connectivity index (χ0v) is 17.4. The molecule has 0 bridgehead atoms. The molecule has 0 aliphatic carbocycles. The van der Waals surface area contributed by atoms with Gasteiger partial charge in [-0.2, -0.15) is 4.31 Å². The molecule has 156 valence electrons. The fraction of sp³-hybridized carbons (Fsp3) is 0.143. The molecule has 1 heterocycles. The molecule has 0 atom stereocenters. The topological polar surface area (TPSA) is 79.4 Å². The van der Waals surface area contributed by atoms with Crippen LogP contribution in [0.1, 0.15) is 11.1 Å². The van der Waals surface area contributed by atoms with Crippen molar-refractivity contribution in [2.24, 2.45) is 0 Å². The van der Waals surface area contributed by atoms with Crippen molar-refractivity contribution >= 4 is 27.5 Å². The number of carbonyl (C=O) groups is 1. The minimum Gasteiger partial charge on any atom is -0.351 e. The molecule has 0 unspecified atom stereocenters. The highest BCUT2D eigenvalue weighted by molar-refractivity contribution is 7.89. The van der Waals surface area contributed by atoms with Gasteiger partial charge in [-0.3, -0.25) is 9.78 Å². The summed E-state index contributed by atoms with van der Waals surface area (Å²) in [5, 5.41) is 3.09. The first-order chi connectivity index (χ1) is 14.3. The Labute approximate surface area is 179 Å². The lowest BCUT2D eigenvalue weighted by Crippen LogP contribution is -2.40. The predicted molar refractivity (Wildman–Crippen MR) is 112 cm³/mol. The van der Waals surface area contributed by atoms with Crippen LogP contribution >= 0.6 is 11.6 Å². The number of nitrogens with zero attached hydrogens (tertiary/aromatic N) is 2. The van der Waals surface area contributed by atoms with E-state index in [1.165, 1.54) is 48.5 Å². The summed E-state index contributed by atoms with van der Waals surface area (Å²) in [4.78, 5) is 16.5. The lowest BCUT2D eigenvalue weighted by Gasteiger charge is -2.22. The molecule has 2 aromatic carbocycles. The van der Waals surface area contributed by atoms with Gasteiger partial charge in [-0.15, -0.1) is 0 Å². The van der Waals surface area contributed by atoms with Crippen LogP contribution in [0.25, 0.3) is 0 Å². The molecule has 1 N–H and O–H groups in total. The third-order valence-electron chi connectivity index (χ3n) is 4.26. The molecule has 0 aliphatic rings. The van der Waals surface area contributed by atoms with Crippen molar-refractivity contribution in [3.8, 4) is 0 Å². The van der Waals surface area contributed by atoms with Gasteiger partial charge in [-0.25, -0.2) is 12.8 Å². The van der Waals surface area contributed by atoms with E-state index in [1.807, 2.05) is 0 Å². The zero-order valence-electron chi connectivity index (χ0n) is 15.8. The molecule has 0 aliphatic heterocycles. The Kier molecular flexibility index (Phi) is 7.15. The third kappa shape index (κ3) is 5.85. The van der Waals surface area contributed by atoms with Crippen LogP contribution < -0.4 is 5.32 Å². The van der Waals surface area contributed by atoms with Crippen LogP contribution in [0.15, 0.2) is 78.0 Å². The van der Waals surface area contributed by atoms with E-state index in [9.17, 15) is 17.6 Å². The van der Waals surface area contributed by atoms with E-state index in [1.54, 1.807) is 24.5 Å². The van der Waals surface area contributed by atoms with Gasteiger partial charge in [-0.1, -0.05) is 29.8 Å². The van der Waals surface area contributed by atoms with Crippen LogP contribution in [0.4, 0.5) is 4.39 Å². The summed E-state index contributed by atoms with van der Waals surface area (Å²) in [5.74, 6) is -0.904. The van der Waals surface area contributed by atoms with Crippen molar-refractivity contribution < 1.29 is 17.6 Å². The Morgan fingerprint density at radius 2 is 1.73 bits per heavy atom. The largest absolute Gasteiger partial charge is 0.351 e. The number of amides is 1. The Morgan fingerprint density at radius 3 is 2.37 bits per heavy atom. The van der Waals surface area contributed by atoms with E-state index in [0.29, 0.717) is 10.6 Å². The maximum absolute atomic E-state index is 13.2. The highest BCUT2D eigenvalue weighted by Crippen LogP contribution is 2.20. The van der Waals surface area contributed by atoms with Crippen LogP contribution in [-0.4, -0.2) is 30.2 Å². The predicted octanol–water partition coefficient (Wildman–Crippen LogP) is 3.38. The Hall–Kier alpha value is -2.81. The summed E-state index contributed by atoms with van der Waals surface area (Å²) >= 11 is 5.86. The monoisotopic (exact) mass is 447 g/mol. The van der Waals surface area contributed by atoms with Crippen molar-refractivity contribution in [2.45, 2.75) is 18.0 Å². The fourth-order valence-corrected chi connectivity index (χ4v) is 4.20. The van der Waals surface area contributed by atoms with Crippen molar-refractivity contribution in [3.63, 3.8) is 0 Å². The smallest absolute Gasteiger partial charge is 0.243 e. The van der Waals surface area contributed by atoms with E-state index >= 15 is 0 Å². The Balaban J connectivity index is 1.80. The van der Waals surface area contributed by atoms with Crippen LogP contribution in [0.5, 0.6) is 0 Å². The van der Waals surface area contributed by atoms with Gasteiger partial charge >= 0.3 is 0 Å². The number of carbonyl (C=O) groups excluding carboxylic acids is 1. The van der Waals surface area contributed by atoms with Crippen LogP contribution in [0.2, 0.25) is 5.02 Å². The summed E-state index contributed by atoms with van der Waals surface area (Å²) in [5.41, 5.74) is 1.34. The molecule has 3 aromatic rings. The van der Waals surface area contributed by atoms with Crippen molar-refractivity contribution in [3.05, 3.63) is 95.0 Å². The van der Waals surface area contributed by atoms with Crippen LogP contribution in [0, 0.1) is 5.82 Å². The second-order valence-electron chi connectivity index (χ2n) is 6.49. The molecule has 6 nitrogen and oxygen atoms in total. The maximum atomic E-state index is 13.2. The quantitative estimate of drug-likeness (QED) is 0.574. The van der Waals surface area contributed by atoms with Crippen LogP contribution in [-0.2, 0) is 27.9 Å². The van der Waals surface area contributed by atoms with E-state index in [0.717, 1.165) is 9.87 Å². The summed E-state index contributed by atoms with van der Waals surface area (Å²) in [7, 11) is -4.00. The van der Waals surface area contributed by atoms with Gasteiger partial charge in [-0.05, 0) is 53.6 Å². The van der Waals surface area contributed by atoms with Gasteiger partial charge in [0.1, 0.15) is 5.82 Å². The highest BCUT2D eigenvalue weighted by atomic mass is 35.5. The van der Waals surface area contributed by atoms with E-state index in [4.69, 9.17) is 11.6 Å². The SMILES string of the molecule is O=C(CN(Cc1ccc(F)cc1)S(=O)(=O)c1ccc(Cl)cc1)NCc1cccnc1. The van der Waals surface area contributed by atoms with E-state index in [-0.39, 0.29) is 18.0 Å². The Bertz CT molecular complexity index is 1090. The second kappa shape index (κ2) is 9.80. The van der Waals surface area contributed by atoms with E-state index in [2.05, 4.69) is 10.3 Å². The summed E-state index contributed by atoms with van der Waals surface area (Å²) in [6.07, 6.45) is 3.23. The molecule has 0 fully saturated rings. The summed E-state index contributed by atoms with van der Waals surface area (Å²) in [6.45, 7) is -0.272. The molecule has 0 spiro atoms. The van der Waals surface area contributed by atoms with Gasteiger partial charge in [0.15, 0.2) is 0 Å². The molecule has 3 rings (SSSR count). The number of hydrogen-bond acceptors (Lipinski definition) is 4. The Morgan fingerprint density at radius 1 is 1.03 bits per heavy atom. The third-order valence-corrected chi connectivity index (χ3v) is 6.31. The first kappa shape index (κ1) is 21.9. The number of nitrogens with one attached hydrogen (secondary N) is 1. The molecule has 0 saturated carbocycles. The summed E-state index contributed by atoms with van der Waals surface area (Å²) < 4.78 is 40.5. The number of aromatic nitrogens is 1. The number of rotatable bonds is 8. The number of sulfonamides is 1. The normalized spacial score (nSPS) is 11.4. The number of benzene rings is 2. The second-order valence-corrected chi connectivity index (χ2v) is 8.87. The van der Waals surface area contributed by atoms with Gasteiger partial charge < -0.3 is 5.32 Å². The van der Waals surface area contributed by atoms with Crippen molar-refractivity contribution in [1.29, 1.82) is 0 Å².